The Morgan fingerprint density at radius 3 is 2.32 bits per heavy atom. The van der Waals surface area contributed by atoms with E-state index in [1.165, 1.54) is 5.39 Å². The summed E-state index contributed by atoms with van der Waals surface area (Å²) in [6, 6.07) is 22.0. The minimum absolute atomic E-state index is 0.148. The van der Waals surface area contributed by atoms with Crippen molar-refractivity contribution in [1.82, 2.24) is 5.01 Å². The second kappa shape index (κ2) is 7.39. The minimum atomic E-state index is -0.235. The molecule has 2 bridgehead atoms. The van der Waals surface area contributed by atoms with E-state index in [9.17, 15) is 9.59 Å². The lowest BCUT2D eigenvalue weighted by Crippen LogP contribution is -2.40. The van der Waals surface area contributed by atoms with E-state index in [0.29, 0.717) is 24.2 Å². The number of allylic oxidation sites excluding steroid dienone is 2. The number of para-hydroxylation sites is 1. The standard InChI is InChI=1S/C29H24N2O3/c32-28-26-21-12-13-22(24-14-23(21)24)27(26)29(33)31(28)30-15-18-7-2-4-11-25(18)34-16-19-9-5-8-17-6-1-3-10-20(17)19/h1-13,15,21-24,26-27H,14,16H2/b30-15-/t21-,22-,23-,24-,26-,27+/m0/s1. The molecule has 34 heavy (non-hydrogen) atoms. The molecule has 0 radical (unpaired) electrons. The molecule has 2 saturated carbocycles. The quantitative estimate of drug-likeness (QED) is 0.320. The van der Waals surface area contributed by atoms with E-state index in [1.807, 2.05) is 42.5 Å². The number of nitrogens with zero attached hydrogens (tertiary/aromatic N) is 2. The van der Waals surface area contributed by atoms with Crippen molar-refractivity contribution in [3.8, 4) is 5.75 Å². The molecule has 5 aliphatic rings. The molecular formula is C29H24N2O3. The number of ether oxygens (including phenoxy) is 1. The van der Waals surface area contributed by atoms with Crippen LogP contribution in [0.4, 0.5) is 0 Å². The smallest absolute Gasteiger partial charge is 0.254 e. The van der Waals surface area contributed by atoms with Crippen LogP contribution in [0.25, 0.3) is 10.8 Å². The molecule has 4 aliphatic carbocycles. The van der Waals surface area contributed by atoms with E-state index >= 15 is 0 Å². The molecule has 3 fully saturated rings. The molecule has 1 saturated heterocycles. The molecule has 2 amide bonds. The third kappa shape index (κ3) is 2.89. The van der Waals surface area contributed by atoms with Crippen LogP contribution < -0.4 is 4.74 Å². The van der Waals surface area contributed by atoms with E-state index in [2.05, 4.69) is 41.5 Å². The van der Waals surface area contributed by atoms with Crippen LogP contribution in [-0.4, -0.2) is 23.0 Å². The Bertz CT molecular complexity index is 1350. The summed E-state index contributed by atoms with van der Waals surface area (Å²) in [7, 11) is 0. The van der Waals surface area contributed by atoms with Gasteiger partial charge < -0.3 is 4.74 Å². The van der Waals surface area contributed by atoms with Gasteiger partial charge in [0.05, 0.1) is 18.1 Å². The van der Waals surface area contributed by atoms with Gasteiger partial charge in [0, 0.05) is 5.56 Å². The Balaban J connectivity index is 1.12. The minimum Gasteiger partial charge on any atom is -0.488 e. The van der Waals surface area contributed by atoms with Crippen LogP contribution >= 0.6 is 0 Å². The third-order valence-corrected chi connectivity index (χ3v) is 8.13. The summed E-state index contributed by atoms with van der Waals surface area (Å²) in [6.45, 7) is 0.412. The number of imide groups is 1. The van der Waals surface area contributed by atoms with Gasteiger partial charge in [-0.3, -0.25) is 9.59 Å². The molecule has 6 atom stereocenters. The summed E-state index contributed by atoms with van der Waals surface area (Å²) in [5, 5.41) is 7.84. The fraction of sp³-hybridized carbons (Fsp3) is 0.276. The molecule has 5 nitrogen and oxygen atoms in total. The van der Waals surface area contributed by atoms with E-state index in [4.69, 9.17) is 4.74 Å². The number of hydrogen-bond acceptors (Lipinski definition) is 4. The number of carbonyl (C=O) groups is 2. The van der Waals surface area contributed by atoms with Crippen molar-refractivity contribution < 1.29 is 14.3 Å². The van der Waals surface area contributed by atoms with Crippen molar-refractivity contribution in [3.63, 3.8) is 0 Å². The zero-order valence-corrected chi connectivity index (χ0v) is 18.6. The number of hydrogen-bond donors (Lipinski definition) is 0. The van der Waals surface area contributed by atoms with E-state index in [-0.39, 0.29) is 35.5 Å². The van der Waals surface area contributed by atoms with Crippen molar-refractivity contribution in [3.05, 3.63) is 90.0 Å². The number of fused-ring (bicyclic) bond motifs is 1. The number of amides is 2. The molecule has 0 N–H and O–H groups in total. The molecule has 1 aliphatic heterocycles. The molecule has 5 heteroatoms. The Morgan fingerprint density at radius 1 is 0.853 bits per heavy atom. The van der Waals surface area contributed by atoms with E-state index in [0.717, 1.165) is 27.9 Å². The Hall–Kier alpha value is -3.73. The fourth-order valence-electron chi connectivity index (χ4n) is 6.47. The van der Waals surface area contributed by atoms with Gasteiger partial charge in [0.2, 0.25) is 0 Å². The van der Waals surface area contributed by atoms with Gasteiger partial charge >= 0.3 is 0 Å². The van der Waals surface area contributed by atoms with Crippen molar-refractivity contribution in [2.75, 3.05) is 0 Å². The summed E-state index contributed by atoms with van der Waals surface area (Å²) < 4.78 is 6.17. The SMILES string of the molecule is O=C1[C@@H]2[C@H]3C=C[C@@H]([C@@H]4C[C@@H]34)[C@@H]2C(=O)N1/N=C\c1ccccc1OCc1cccc2ccccc12. The zero-order chi connectivity index (χ0) is 22.8. The topological polar surface area (TPSA) is 59.0 Å². The van der Waals surface area contributed by atoms with Crippen molar-refractivity contribution in [2.24, 2.45) is 40.6 Å². The molecule has 0 aromatic heterocycles. The maximum Gasteiger partial charge on any atom is 0.254 e. The first-order valence-corrected chi connectivity index (χ1v) is 12.0. The van der Waals surface area contributed by atoms with Crippen LogP contribution in [0.2, 0.25) is 0 Å². The van der Waals surface area contributed by atoms with Crippen LogP contribution in [0.3, 0.4) is 0 Å². The van der Waals surface area contributed by atoms with Crippen molar-refractivity contribution >= 4 is 28.8 Å². The second-order valence-corrected chi connectivity index (χ2v) is 9.85. The highest BCUT2D eigenvalue weighted by Crippen LogP contribution is 2.65. The lowest BCUT2D eigenvalue weighted by molar-refractivity contribution is -0.140. The maximum absolute atomic E-state index is 13.2. The number of carbonyl (C=O) groups excluding carboxylic acids is 2. The summed E-state index contributed by atoms with van der Waals surface area (Å²) in [5.74, 6) is 1.47. The van der Waals surface area contributed by atoms with Crippen LogP contribution in [-0.2, 0) is 16.2 Å². The first kappa shape index (κ1) is 19.7. The first-order valence-electron chi connectivity index (χ1n) is 12.0. The lowest BCUT2D eigenvalue weighted by atomic mass is 9.63. The molecule has 0 spiro atoms. The van der Waals surface area contributed by atoms with Crippen molar-refractivity contribution in [2.45, 2.75) is 13.0 Å². The van der Waals surface area contributed by atoms with Gasteiger partial charge in [0.15, 0.2) is 0 Å². The lowest BCUT2D eigenvalue weighted by Gasteiger charge is -2.37. The zero-order valence-electron chi connectivity index (χ0n) is 18.6. The van der Waals surface area contributed by atoms with Crippen molar-refractivity contribution in [1.29, 1.82) is 0 Å². The van der Waals surface area contributed by atoms with Crippen LogP contribution in [0.15, 0.2) is 84.0 Å². The van der Waals surface area contributed by atoms with Gasteiger partial charge in [-0.05, 0) is 58.6 Å². The molecule has 1 heterocycles. The third-order valence-electron chi connectivity index (χ3n) is 8.13. The predicted octanol–water partition coefficient (Wildman–Crippen LogP) is 4.81. The summed E-state index contributed by atoms with van der Waals surface area (Å²) in [4.78, 5) is 26.3. The van der Waals surface area contributed by atoms with Gasteiger partial charge in [0.25, 0.3) is 11.8 Å². The van der Waals surface area contributed by atoms with E-state index < -0.39 is 0 Å². The van der Waals surface area contributed by atoms with E-state index in [1.54, 1.807) is 6.21 Å². The average molecular weight is 449 g/mol. The van der Waals surface area contributed by atoms with Gasteiger partial charge in [-0.2, -0.15) is 10.1 Å². The summed E-state index contributed by atoms with van der Waals surface area (Å²) in [6.07, 6.45) is 7.09. The Morgan fingerprint density at radius 2 is 1.53 bits per heavy atom. The highest BCUT2D eigenvalue weighted by atomic mass is 16.5. The maximum atomic E-state index is 13.2. The largest absolute Gasteiger partial charge is 0.488 e. The fourth-order valence-corrected chi connectivity index (χ4v) is 6.47. The van der Waals surface area contributed by atoms with Gasteiger partial charge in [-0.1, -0.05) is 66.7 Å². The highest BCUT2D eigenvalue weighted by Gasteiger charge is 2.67. The van der Waals surface area contributed by atoms with Crippen LogP contribution in [0.1, 0.15) is 17.5 Å². The molecule has 3 aromatic carbocycles. The van der Waals surface area contributed by atoms with Crippen LogP contribution in [0.5, 0.6) is 5.75 Å². The predicted molar refractivity (Wildman–Crippen MR) is 129 cm³/mol. The average Bonchev–Trinajstić information content (AvgIpc) is 3.66. The number of benzene rings is 3. The molecule has 8 rings (SSSR count). The first-order chi connectivity index (χ1) is 16.7. The van der Waals surface area contributed by atoms with Gasteiger partial charge in [-0.25, -0.2) is 0 Å². The molecule has 168 valence electrons. The molecular weight excluding hydrogens is 424 g/mol. The monoisotopic (exact) mass is 448 g/mol. The van der Waals surface area contributed by atoms with Crippen LogP contribution in [0, 0.1) is 35.5 Å². The number of rotatable bonds is 5. The highest BCUT2D eigenvalue weighted by molar-refractivity contribution is 6.06. The normalized spacial score (nSPS) is 30.8. The van der Waals surface area contributed by atoms with Gasteiger partial charge in [0.1, 0.15) is 12.4 Å². The molecule has 3 aromatic rings. The number of hydrazone groups is 1. The Labute approximate surface area is 197 Å². The Kier molecular flexibility index (Phi) is 4.28. The second-order valence-electron chi connectivity index (χ2n) is 9.85. The summed E-state index contributed by atoms with van der Waals surface area (Å²) in [5.41, 5.74) is 1.84. The summed E-state index contributed by atoms with van der Waals surface area (Å²) >= 11 is 0. The van der Waals surface area contributed by atoms with Gasteiger partial charge in [-0.15, -0.1) is 0 Å². The molecule has 0 unspecified atom stereocenters.